The zero-order valence-corrected chi connectivity index (χ0v) is 13.1. The Labute approximate surface area is 126 Å². The average Bonchev–Trinajstić information content (AvgIpc) is 2.39. The smallest absolute Gasteiger partial charge is 0.0484 e. The van der Waals surface area contributed by atoms with Crippen LogP contribution in [0, 0.1) is 0 Å². The molecule has 0 bridgehead atoms. The normalized spacial score (nSPS) is 18.8. The monoisotopic (exact) mass is 351 g/mol. The summed E-state index contributed by atoms with van der Waals surface area (Å²) in [5.74, 6) is 0.602. The Bertz CT molecular complexity index is 408. The van der Waals surface area contributed by atoms with Gasteiger partial charge in [-0.25, -0.2) is 0 Å². The predicted molar refractivity (Wildman–Crippen MR) is 79.5 cm³/mol. The molecular formula is C13H16BrCl2NO. The number of benzene rings is 1. The third-order valence-corrected chi connectivity index (χ3v) is 4.73. The maximum atomic E-state index is 6.21. The Hall–Kier alpha value is 0.200. The highest BCUT2D eigenvalue weighted by Gasteiger charge is 2.31. The summed E-state index contributed by atoms with van der Waals surface area (Å²) in [6.45, 7) is 2.28. The molecule has 0 amide bonds. The third-order valence-electron chi connectivity index (χ3n) is 3.37. The Morgan fingerprint density at radius 1 is 1.33 bits per heavy atom. The molecule has 0 aromatic heterocycles. The summed E-state index contributed by atoms with van der Waals surface area (Å²) in [6, 6.07) is 5.94. The van der Waals surface area contributed by atoms with Gasteiger partial charge in [0.1, 0.15) is 0 Å². The first kappa shape index (κ1) is 14.6. The van der Waals surface area contributed by atoms with Crippen LogP contribution >= 0.6 is 39.1 Å². The highest BCUT2D eigenvalue weighted by atomic mass is 79.9. The second-order valence-electron chi connectivity index (χ2n) is 4.62. The van der Waals surface area contributed by atoms with Gasteiger partial charge in [-0.1, -0.05) is 33.6 Å². The predicted octanol–water partition coefficient (Wildman–Crippen LogP) is 3.98. The van der Waals surface area contributed by atoms with E-state index >= 15 is 0 Å². The van der Waals surface area contributed by atoms with E-state index in [9.17, 15) is 0 Å². The second kappa shape index (κ2) is 6.58. The fourth-order valence-electron chi connectivity index (χ4n) is 2.07. The van der Waals surface area contributed by atoms with Gasteiger partial charge in [0.15, 0.2) is 0 Å². The molecule has 2 rings (SSSR count). The van der Waals surface area contributed by atoms with E-state index in [1.807, 2.05) is 18.2 Å². The van der Waals surface area contributed by atoms with Gasteiger partial charge in [-0.3, -0.25) is 0 Å². The fourth-order valence-corrected chi connectivity index (χ4v) is 3.17. The van der Waals surface area contributed by atoms with Crippen LogP contribution in [0.4, 0.5) is 0 Å². The summed E-state index contributed by atoms with van der Waals surface area (Å²) in [6.07, 6.45) is 1.90. The zero-order chi connectivity index (χ0) is 13.0. The number of hydrogen-bond acceptors (Lipinski definition) is 2. The number of hydrogen-bond donors (Lipinski definition) is 1. The molecule has 0 aliphatic carbocycles. The van der Waals surface area contributed by atoms with Crippen molar-refractivity contribution in [3.05, 3.63) is 33.3 Å². The Kier molecular flexibility index (Phi) is 5.34. The van der Waals surface area contributed by atoms with Crippen molar-refractivity contribution < 1.29 is 4.74 Å². The van der Waals surface area contributed by atoms with Crippen molar-refractivity contribution in [3.63, 3.8) is 0 Å². The van der Waals surface area contributed by atoms with Crippen LogP contribution in [-0.4, -0.2) is 24.6 Å². The Balaban J connectivity index is 2.01. The number of rotatable bonds is 4. The minimum Gasteiger partial charge on any atom is -0.381 e. The van der Waals surface area contributed by atoms with Gasteiger partial charge in [0.05, 0.1) is 0 Å². The number of nitrogens with one attached hydrogen (secondary N) is 1. The highest BCUT2D eigenvalue weighted by molar-refractivity contribution is 9.10. The van der Waals surface area contributed by atoms with Gasteiger partial charge < -0.3 is 10.1 Å². The van der Waals surface area contributed by atoms with E-state index in [0.717, 1.165) is 47.7 Å². The molecule has 0 spiro atoms. The number of halogens is 3. The molecule has 5 heteroatoms. The minimum atomic E-state index is -0.0177. The van der Waals surface area contributed by atoms with Crippen LogP contribution in [0.15, 0.2) is 22.7 Å². The lowest BCUT2D eigenvalue weighted by molar-refractivity contribution is 0.0459. The fraction of sp³-hybridized carbons (Fsp3) is 0.538. The summed E-state index contributed by atoms with van der Waals surface area (Å²) in [5, 5.41) is 4.32. The van der Waals surface area contributed by atoms with Gasteiger partial charge in [-0.15, -0.1) is 11.6 Å². The molecule has 0 saturated carbocycles. The van der Waals surface area contributed by atoms with Crippen LogP contribution < -0.4 is 5.32 Å². The first-order chi connectivity index (χ1) is 8.65. The quantitative estimate of drug-likeness (QED) is 0.827. The van der Waals surface area contributed by atoms with Gasteiger partial charge >= 0.3 is 0 Å². The van der Waals surface area contributed by atoms with Crippen molar-refractivity contribution in [2.45, 2.75) is 24.9 Å². The van der Waals surface area contributed by atoms with E-state index in [1.165, 1.54) is 0 Å². The Morgan fingerprint density at radius 2 is 2.06 bits per heavy atom. The lowest BCUT2D eigenvalue weighted by Gasteiger charge is -2.36. The SMILES string of the molecule is ClCC1(NCc2ccc(Br)cc2Cl)CCOCC1. The van der Waals surface area contributed by atoms with Gasteiger partial charge in [-0.05, 0) is 30.5 Å². The maximum Gasteiger partial charge on any atom is 0.0484 e. The highest BCUT2D eigenvalue weighted by Crippen LogP contribution is 2.25. The van der Waals surface area contributed by atoms with Crippen molar-refractivity contribution in [2.24, 2.45) is 0 Å². The Morgan fingerprint density at radius 3 is 2.67 bits per heavy atom. The first-order valence-corrected chi connectivity index (χ1v) is 7.68. The van der Waals surface area contributed by atoms with Crippen LogP contribution in [0.25, 0.3) is 0 Å². The van der Waals surface area contributed by atoms with Crippen LogP contribution in [0.2, 0.25) is 5.02 Å². The van der Waals surface area contributed by atoms with Crippen LogP contribution in [0.1, 0.15) is 18.4 Å². The van der Waals surface area contributed by atoms with Crippen molar-refractivity contribution >= 4 is 39.1 Å². The topological polar surface area (TPSA) is 21.3 Å². The van der Waals surface area contributed by atoms with Crippen molar-refractivity contribution in [2.75, 3.05) is 19.1 Å². The molecule has 18 heavy (non-hydrogen) atoms. The largest absolute Gasteiger partial charge is 0.381 e. The van der Waals surface area contributed by atoms with E-state index in [4.69, 9.17) is 27.9 Å². The molecule has 0 radical (unpaired) electrons. The number of alkyl halides is 1. The van der Waals surface area contributed by atoms with E-state index in [2.05, 4.69) is 21.2 Å². The summed E-state index contributed by atoms with van der Waals surface area (Å²) < 4.78 is 6.38. The van der Waals surface area contributed by atoms with Gasteiger partial charge in [0.25, 0.3) is 0 Å². The molecule has 0 unspecified atom stereocenters. The van der Waals surface area contributed by atoms with E-state index < -0.39 is 0 Å². The first-order valence-electron chi connectivity index (χ1n) is 5.98. The molecule has 2 nitrogen and oxygen atoms in total. The van der Waals surface area contributed by atoms with Gasteiger partial charge in [0, 0.05) is 40.7 Å². The molecule has 1 saturated heterocycles. The second-order valence-corrected chi connectivity index (χ2v) is 6.21. The van der Waals surface area contributed by atoms with E-state index in [-0.39, 0.29) is 5.54 Å². The standard InChI is InChI=1S/C13H16BrCl2NO/c14-11-2-1-10(12(16)7-11)8-17-13(9-15)3-5-18-6-4-13/h1-2,7,17H,3-6,8-9H2. The molecular weight excluding hydrogens is 337 g/mol. The van der Waals surface area contributed by atoms with Crippen molar-refractivity contribution in [3.8, 4) is 0 Å². The van der Waals surface area contributed by atoms with E-state index in [0.29, 0.717) is 5.88 Å². The summed E-state index contributed by atoms with van der Waals surface area (Å²) >= 11 is 15.7. The van der Waals surface area contributed by atoms with Crippen LogP contribution in [0.5, 0.6) is 0 Å². The lowest BCUT2D eigenvalue weighted by Crippen LogP contribution is -2.50. The minimum absolute atomic E-state index is 0.0177. The molecule has 1 N–H and O–H groups in total. The van der Waals surface area contributed by atoms with Crippen molar-refractivity contribution in [1.82, 2.24) is 5.32 Å². The summed E-state index contributed by atoms with van der Waals surface area (Å²) in [7, 11) is 0. The average molecular weight is 353 g/mol. The van der Waals surface area contributed by atoms with E-state index in [1.54, 1.807) is 0 Å². The van der Waals surface area contributed by atoms with Crippen LogP contribution in [0.3, 0.4) is 0 Å². The van der Waals surface area contributed by atoms with Crippen molar-refractivity contribution in [1.29, 1.82) is 0 Å². The van der Waals surface area contributed by atoms with Gasteiger partial charge in [-0.2, -0.15) is 0 Å². The molecule has 0 atom stereocenters. The zero-order valence-electron chi connectivity index (χ0n) is 10.0. The lowest BCUT2D eigenvalue weighted by atomic mass is 9.92. The molecule has 1 aromatic rings. The maximum absolute atomic E-state index is 6.21. The molecule has 1 aromatic carbocycles. The molecule has 1 aliphatic rings. The summed E-state index contributed by atoms with van der Waals surface area (Å²) in [5.41, 5.74) is 1.08. The van der Waals surface area contributed by atoms with Gasteiger partial charge in [0.2, 0.25) is 0 Å². The summed E-state index contributed by atoms with van der Waals surface area (Å²) in [4.78, 5) is 0. The number of ether oxygens (including phenoxy) is 1. The molecule has 1 heterocycles. The molecule has 1 fully saturated rings. The molecule has 100 valence electrons. The third kappa shape index (κ3) is 3.61. The molecule has 1 aliphatic heterocycles. The van der Waals surface area contributed by atoms with Crippen LogP contribution in [-0.2, 0) is 11.3 Å².